The van der Waals surface area contributed by atoms with Gasteiger partial charge in [-0.2, -0.15) is 5.10 Å². The van der Waals surface area contributed by atoms with Crippen molar-refractivity contribution in [3.05, 3.63) is 52.0 Å². The summed E-state index contributed by atoms with van der Waals surface area (Å²) >= 11 is 12.0. The molecule has 0 saturated heterocycles. The van der Waals surface area contributed by atoms with Gasteiger partial charge in [-0.05, 0) is 41.8 Å². The van der Waals surface area contributed by atoms with E-state index in [1.807, 2.05) is 13.8 Å². The third-order valence-corrected chi connectivity index (χ3v) is 4.85. The molecule has 3 N–H and O–H groups in total. The molecular formula is C22H24Cl2N4O5. The number of methoxy groups -OCH3 is 1. The van der Waals surface area contributed by atoms with Gasteiger partial charge in [-0.15, -0.1) is 0 Å². The van der Waals surface area contributed by atoms with Gasteiger partial charge in [0.1, 0.15) is 0 Å². The van der Waals surface area contributed by atoms with E-state index >= 15 is 0 Å². The number of amides is 3. The number of hydrazone groups is 1. The number of benzene rings is 2. The number of carbonyl (C=O) groups is 3. The van der Waals surface area contributed by atoms with E-state index in [9.17, 15) is 14.4 Å². The number of anilines is 1. The fourth-order valence-electron chi connectivity index (χ4n) is 2.41. The number of hydrogen-bond acceptors (Lipinski definition) is 6. The molecule has 2 aromatic rings. The lowest BCUT2D eigenvalue weighted by Gasteiger charge is -2.12. The zero-order valence-electron chi connectivity index (χ0n) is 18.3. The van der Waals surface area contributed by atoms with E-state index in [0.29, 0.717) is 34.3 Å². The molecule has 0 aliphatic carbocycles. The first-order valence-electron chi connectivity index (χ1n) is 9.87. The Hall–Kier alpha value is -3.30. The van der Waals surface area contributed by atoms with E-state index in [1.54, 1.807) is 36.4 Å². The maximum Gasteiger partial charge on any atom is 0.329 e. The predicted octanol–water partition coefficient (Wildman–Crippen LogP) is 3.24. The fraction of sp³-hybridized carbons (Fsp3) is 0.273. The van der Waals surface area contributed by atoms with Crippen molar-refractivity contribution in [3.8, 4) is 11.5 Å². The summed E-state index contributed by atoms with van der Waals surface area (Å²) in [5.74, 6) is -1.19. The van der Waals surface area contributed by atoms with E-state index in [1.165, 1.54) is 13.3 Å². The number of carbonyl (C=O) groups excluding carboxylic acids is 3. The molecule has 2 rings (SSSR count). The van der Waals surface area contributed by atoms with E-state index in [-0.39, 0.29) is 17.5 Å². The van der Waals surface area contributed by atoms with Gasteiger partial charge < -0.3 is 20.1 Å². The van der Waals surface area contributed by atoms with Crippen LogP contribution in [0.25, 0.3) is 0 Å². The lowest BCUT2D eigenvalue weighted by atomic mass is 10.2. The smallest absolute Gasteiger partial charge is 0.329 e. The SMILES string of the molecule is COc1cc(/C=N\NC(=O)C(=O)NCC(C)C)ccc1OCC(=O)Nc1cccc(Cl)c1Cl. The highest BCUT2D eigenvalue weighted by Gasteiger charge is 2.13. The average molecular weight is 495 g/mol. The highest BCUT2D eigenvalue weighted by molar-refractivity contribution is 6.44. The molecular weight excluding hydrogens is 471 g/mol. The topological polar surface area (TPSA) is 118 Å². The van der Waals surface area contributed by atoms with Crippen LogP contribution in [-0.2, 0) is 14.4 Å². The molecule has 0 aromatic heterocycles. The monoisotopic (exact) mass is 494 g/mol. The van der Waals surface area contributed by atoms with Gasteiger partial charge in [0.2, 0.25) is 0 Å². The number of nitrogens with zero attached hydrogens (tertiary/aromatic N) is 1. The number of hydrogen-bond donors (Lipinski definition) is 3. The van der Waals surface area contributed by atoms with Crippen LogP contribution in [0.3, 0.4) is 0 Å². The Morgan fingerprint density at radius 1 is 1.09 bits per heavy atom. The Labute approximate surface area is 201 Å². The molecule has 0 radical (unpaired) electrons. The van der Waals surface area contributed by atoms with E-state index in [0.717, 1.165) is 0 Å². The molecule has 9 nitrogen and oxygen atoms in total. The van der Waals surface area contributed by atoms with Crippen LogP contribution in [0, 0.1) is 5.92 Å². The Morgan fingerprint density at radius 3 is 2.55 bits per heavy atom. The lowest BCUT2D eigenvalue weighted by Crippen LogP contribution is -2.39. The van der Waals surface area contributed by atoms with Gasteiger partial charge in [0.05, 0.1) is 29.1 Å². The maximum atomic E-state index is 12.2. The van der Waals surface area contributed by atoms with Crippen molar-refractivity contribution in [1.82, 2.24) is 10.7 Å². The number of rotatable bonds is 9. The minimum atomic E-state index is -0.871. The van der Waals surface area contributed by atoms with Crippen LogP contribution in [0.1, 0.15) is 19.4 Å². The average Bonchev–Trinajstić information content (AvgIpc) is 2.79. The molecule has 33 heavy (non-hydrogen) atoms. The summed E-state index contributed by atoms with van der Waals surface area (Å²) in [6.45, 7) is 3.92. The molecule has 3 amide bonds. The third-order valence-electron chi connectivity index (χ3n) is 4.03. The van der Waals surface area contributed by atoms with Gasteiger partial charge in [-0.25, -0.2) is 5.43 Å². The highest BCUT2D eigenvalue weighted by Crippen LogP contribution is 2.30. The first-order valence-corrected chi connectivity index (χ1v) is 10.6. The standard InChI is InChI=1S/C22H24Cl2N4O5/c1-13(2)10-25-21(30)22(31)28-26-11-14-7-8-17(18(9-14)32-3)33-12-19(29)27-16-6-4-5-15(23)20(16)24/h4-9,11,13H,10,12H2,1-3H3,(H,25,30)(H,27,29)(H,28,31)/b26-11-. The Balaban J connectivity index is 1.92. The molecule has 0 aliphatic heterocycles. The van der Waals surface area contributed by atoms with Gasteiger partial charge in [0.15, 0.2) is 18.1 Å². The van der Waals surface area contributed by atoms with Crippen molar-refractivity contribution in [1.29, 1.82) is 0 Å². The second-order valence-electron chi connectivity index (χ2n) is 7.15. The largest absolute Gasteiger partial charge is 0.493 e. The Bertz CT molecular complexity index is 1040. The van der Waals surface area contributed by atoms with Crippen LogP contribution in [0.5, 0.6) is 11.5 Å². The van der Waals surface area contributed by atoms with Crippen LogP contribution in [0.4, 0.5) is 5.69 Å². The van der Waals surface area contributed by atoms with Crippen molar-refractivity contribution in [2.45, 2.75) is 13.8 Å². The molecule has 0 heterocycles. The van der Waals surface area contributed by atoms with Crippen molar-refractivity contribution < 1.29 is 23.9 Å². The summed E-state index contributed by atoms with van der Waals surface area (Å²) in [5, 5.41) is 9.43. The molecule has 0 atom stereocenters. The van der Waals surface area contributed by atoms with Gasteiger partial charge in [-0.1, -0.05) is 43.1 Å². The molecule has 176 valence electrons. The summed E-state index contributed by atoms with van der Waals surface area (Å²) in [5.41, 5.74) is 3.09. The molecule has 2 aromatic carbocycles. The zero-order chi connectivity index (χ0) is 24.4. The summed E-state index contributed by atoms with van der Waals surface area (Å²) in [7, 11) is 1.44. The molecule has 11 heteroatoms. The summed E-state index contributed by atoms with van der Waals surface area (Å²) in [6.07, 6.45) is 1.34. The van der Waals surface area contributed by atoms with Crippen molar-refractivity contribution in [3.63, 3.8) is 0 Å². The highest BCUT2D eigenvalue weighted by atomic mass is 35.5. The van der Waals surface area contributed by atoms with E-state index in [4.69, 9.17) is 32.7 Å². The van der Waals surface area contributed by atoms with E-state index in [2.05, 4.69) is 21.2 Å². The number of halogens is 2. The first-order chi connectivity index (χ1) is 15.7. The van der Waals surface area contributed by atoms with E-state index < -0.39 is 17.7 Å². The number of ether oxygens (including phenoxy) is 2. The van der Waals surface area contributed by atoms with Crippen LogP contribution >= 0.6 is 23.2 Å². The second-order valence-corrected chi connectivity index (χ2v) is 7.94. The van der Waals surface area contributed by atoms with Gasteiger partial charge in [0, 0.05) is 6.54 Å². The lowest BCUT2D eigenvalue weighted by molar-refractivity contribution is -0.139. The van der Waals surface area contributed by atoms with Crippen molar-refractivity contribution in [2.24, 2.45) is 11.0 Å². The number of nitrogens with one attached hydrogen (secondary N) is 3. The van der Waals surface area contributed by atoms with Crippen LogP contribution in [0.15, 0.2) is 41.5 Å². The van der Waals surface area contributed by atoms with Crippen LogP contribution in [-0.4, -0.2) is 44.2 Å². The molecule has 0 saturated carbocycles. The maximum absolute atomic E-state index is 12.2. The summed E-state index contributed by atoms with van der Waals surface area (Å²) in [4.78, 5) is 35.5. The molecule has 0 bridgehead atoms. The molecule has 0 unspecified atom stereocenters. The molecule has 0 spiro atoms. The van der Waals surface area contributed by atoms with Crippen LogP contribution < -0.4 is 25.5 Å². The Kier molecular flexibility index (Phi) is 9.96. The molecule has 0 fully saturated rings. The Morgan fingerprint density at radius 2 is 1.85 bits per heavy atom. The minimum absolute atomic E-state index is 0.221. The third kappa shape index (κ3) is 8.28. The first kappa shape index (κ1) is 26.0. The zero-order valence-corrected chi connectivity index (χ0v) is 19.8. The van der Waals surface area contributed by atoms with Crippen molar-refractivity contribution in [2.75, 3.05) is 25.6 Å². The van der Waals surface area contributed by atoms with Crippen molar-refractivity contribution >= 4 is 52.8 Å². The fourth-order valence-corrected chi connectivity index (χ4v) is 2.75. The van der Waals surface area contributed by atoms with Gasteiger partial charge in [-0.3, -0.25) is 14.4 Å². The quantitative estimate of drug-likeness (QED) is 0.281. The van der Waals surface area contributed by atoms with Crippen LogP contribution in [0.2, 0.25) is 10.0 Å². The normalized spacial score (nSPS) is 10.7. The van der Waals surface area contributed by atoms with Gasteiger partial charge >= 0.3 is 11.8 Å². The molecule has 0 aliphatic rings. The summed E-state index contributed by atoms with van der Waals surface area (Å²) < 4.78 is 10.8. The second kappa shape index (κ2) is 12.7. The minimum Gasteiger partial charge on any atom is -0.493 e. The predicted molar refractivity (Wildman–Crippen MR) is 127 cm³/mol. The van der Waals surface area contributed by atoms with Gasteiger partial charge in [0.25, 0.3) is 5.91 Å². The summed E-state index contributed by atoms with van der Waals surface area (Å²) in [6, 6.07) is 9.70.